The Bertz CT molecular complexity index is 1320. The van der Waals surface area contributed by atoms with E-state index < -0.39 is 0 Å². The molecule has 2 heterocycles. The van der Waals surface area contributed by atoms with Gasteiger partial charge in [0.25, 0.3) is 0 Å². The number of amides is 1. The minimum Gasteiger partial charge on any atom is -0.493 e. The topological polar surface area (TPSA) is 47.4 Å². The standard InChI is InChI=1S/C30H33N3O2/c1-21-13-15-25(16-14-21)33-20-24(19-28(33)34)30-31-26-11-4-5-12-27(26)32(30)17-6-7-18-35-29-22(2)9-8-10-23(29)3/h4-5,8-16,24H,6-7,17-20H2,1-3H3. The maximum Gasteiger partial charge on any atom is 0.227 e. The van der Waals surface area contributed by atoms with Crippen LogP contribution in [0.5, 0.6) is 5.75 Å². The van der Waals surface area contributed by atoms with Crippen LogP contribution >= 0.6 is 0 Å². The lowest BCUT2D eigenvalue weighted by atomic mass is 10.1. The predicted octanol–water partition coefficient (Wildman–Crippen LogP) is 6.34. The molecule has 0 radical (unpaired) electrons. The molecule has 180 valence electrons. The molecule has 0 bridgehead atoms. The molecular formula is C30H33N3O2. The highest BCUT2D eigenvalue weighted by Crippen LogP contribution is 2.33. The lowest BCUT2D eigenvalue weighted by Gasteiger charge is -2.18. The van der Waals surface area contributed by atoms with Crippen molar-refractivity contribution in [3.05, 3.63) is 89.2 Å². The molecule has 5 heteroatoms. The second-order valence-electron chi connectivity index (χ2n) is 9.63. The lowest BCUT2D eigenvalue weighted by molar-refractivity contribution is -0.117. The summed E-state index contributed by atoms with van der Waals surface area (Å²) in [5, 5.41) is 0. The Morgan fingerprint density at radius 3 is 2.43 bits per heavy atom. The number of rotatable bonds is 8. The zero-order valence-electron chi connectivity index (χ0n) is 20.8. The van der Waals surface area contributed by atoms with Crippen molar-refractivity contribution in [3.63, 3.8) is 0 Å². The van der Waals surface area contributed by atoms with E-state index in [-0.39, 0.29) is 11.8 Å². The van der Waals surface area contributed by atoms with Crippen molar-refractivity contribution in [2.45, 2.75) is 52.5 Å². The predicted molar refractivity (Wildman–Crippen MR) is 141 cm³/mol. The van der Waals surface area contributed by atoms with Gasteiger partial charge in [-0.1, -0.05) is 48.0 Å². The molecule has 1 amide bonds. The van der Waals surface area contributed by atoms with Gasteiger partial charge in [0.05, 0.1) is 17.6 Å². The fourth-order valence-corrected chi connectivity index (χ4v) is 5.07. The third-order valence-electron chi connectivity index (χ3n) is 6.95. The average molecular weight is 468 g/mol. The molecule has 3 aromatic carbocycles. The van der Waals surface area contributed by atoms with E-state index in [0.29, 0.717) is 19.6 Å². The number of anilines is 1. The van der Waals surface area contributed by atoms with Gasteiger partial charge in [-0.05, 0) is 69.0 Å². The van der Waals surface area contributed by atoms with Crippen LogP contribution in [-0.2, 0) is 11.3 Å². The summed E-state index contributed by atoms with van der Waals surface area (Å²) in [7, 11) is 0. The molecule has 1 aliphatic heterocycles. The van der Waals surface area contributed by atoms with Crippen molar-refractivity contribution < 1.29 is 9.53 Å². The normalized spacial score (nSPS) is 15.8. The number of carbonyl (C=O) groups is 1. The molecule has 0 N–H and O–H groups in total. The Morgan fingerprint density at radius 2 is 1.66 bits per heavy atom. The second-order valence-corrected chi connectivity index (χ2v) is 9.63. The fraction of sp³-hybridized carbons (Fsp3) is 0.333. The number of benzene rings is 3. The van der Waals surface area contributed by atoms with Crippen LogP contribution in [0.25, 0.3) is 11.0 Å². The van der Waals surface area contributed by atoms with E-state index >= 15 is 0 Å². The van der Waals surface area contributed by atoms with Crippen LogP contribution in [0.3, 0.4) is 0 Å². The first-order valence-corrected chi connectivity index (χ1v) is 12.5. The van der Waals surface area contributed by atoms with Gasteiger partial charge in [0.2, 0.25) is 5.91 Å². The first-order chi connectivity index (χ1) is 17.0. The Kier molecular flexibility index (Phi) is 6.58. The summed E-state index contributed by atoms with van der Waals surface area (Å²) < 4.78 is 8.44. The molecule has 1 unspecified atom stereocenters. The minimum atomic E-state index is 0.0853. The Hall–Kier alpha value is -3.60. The molecule has 1 fully saturated rings. The van der Waals surface area contributed by atoms with Crippen LogP contribution in [0, 0.1) is 20.8 Å². The number of fused-ring (bicyclic) bond motifs is 1. The van der Waals surface area contributed by atoms with E-state index in [0.717, 1.165) is 47.7 Å². The van der Waals surface area contributed by atoms with Crippen molar-refractivity contribution in [2.24, 2.45) is 0 Å². The van der Waals surface area contributed by atoms with Crippen LogP contribution in [-0.4, -0.2) is 28.6 Å². The maximum absolute atomic E-state index is 12.9. The number of aryl methyl sites for hydroxylation is 4. The molecule has 35 heavy (non-hydrogen) atoms. The van der Waals surface area contributed by atoms with Gasteiger partial charge in [0.15, 0.2) is 0 Å². The summed E-state index contributed by atoms with van der Waals surface area (Å²) in [6.07, 6.45) is 2.44. The Labute approximate surface area is 207 Å². The zero-order chi connectivity index (χ0) is 24.4. The van der Waals surface area contributed by atoms with Gasteiger partial charge in [-0.25, -0.2) is 4.98 Å². The Morgan fingerprint density at radius 1 is 0.914 bits per heavy atom. The van der Waals surface area contributed by atoms with E-state index in [9.17, 15) is 4.79 Å². The number of ether oxygens (including phenoxy) is 1. The zero-order valence-corrected chi connectivity index (χ0v) is 20.8. The molecule has 5 rings (SSSR count). The van der Waals surface area contributed by atoms with Gasteiger partial charge in [-0.15, -0.1) is 0 Å². The number of para-hydroxylation sites is 3. The number of hydrogen-bond donors (Lipinski definition) is 0. The molecule has 4 aromatic rings. The van der Waals surface area contributed by atoms with Crippen molar-refractivity contribution in [1.29, 1.82) is 0 Å². The van der Waals surface area contributed by atoms with Crippen LogP contribution < -0.4 is 9.64 Å². The largest absolute Gasteiger partial charge is 0.493 e. The van der Waals surface area contributed by atoms with Crippen LogP contribution in [0.2, 0.25) is 0 Å². The Balaban J connectivity index is 1.30. The summed E-state index contributed by atoms with van der Waals surface area (Å²) >= 11 is 0. The summed E-state index contributed by atoms with van der Waals surface area (Å²) in [5.74, 6) is 2.27. The molecule has 1 aromatic heterocycles. The monoisotopic (exact) mass is 467 g/mol. The van der Waals surface area contributed by atoms with Gasteiger partial charge in [-0.3, -0.25) is 4.79 Å². The number of nitrogens with zero attached hydrogens (tertiary/aromatic N) is 3. The van der Waals surface area contributed by atoms with Crippen LogP contribution in [0.1, 0.15) is 47.7 Å². The van der Waals surface area contributed by atoms with E-state index in [1.807, 2.05) is 23.1 Å². The highest BCUT2D eigenvalue weighted by molar-refractivity contribution is 5.96. The van der Waals surface area contributed by atoms with Gasteiger partial charge in [0.1, 0.15) is 11.6 Å². The third-order valence-corrected chi connectivity index (χ3v) is 6.95. The van der Waals surface area contributed by atoms with Crippen LogP contribution in [0.4, 0.5) is 5.69 Å². The third kappa shape index (κ3) is 4.81. The molecule has 0 saturated carbocycles. The summed E-state index contributed by atoms with van der Waals surface area (Å²) in [5.41, 5.74) is 6.65. The highest BCUT2D eigenvalue weighted by atomic mass is 16.5. The van der Waals surface area contributed by atoms with Crippen LogP contribution in [0.15, 0.2) is 66.7 Å². The smallest absolute Gasteiger partial charge is 0.227 e. The molecule has 0 spiro atoms. The number of imidazole rings is 1. The molecule has 1 atom stereocenters. The SMILES string of the molecule is Cc1ccc(N2CC(c3nc4ccccc4n3CCCCOc3c(C)cccc3C)CC2=O)cc1. The van der Waals surface area contributed by atoms with Gasteiger partial charge in [0, 0.05) is 31.1 Å². The number of carbonyl (C=O) groups excluding carboxylic acids is 1. The number of aromatic nitrogens is 2. The molecule has 1 saturated heterocycles. The molecular weight excluding hydrogens is 434 g/mol. The van der Waals surface area contributed by atoms with Crippen molar-refractivity contribution in [3.8, 4) is 5.75 Å². The first-order valence-electron chi connectivity index (χ1n) is 12.5. The van der Waals surface area contributed by atoms with E-state index in [2.05, 4.69) is 73.9 Å². The summed E-state index contributed by atoms with van der Waals surface area (Å²) in [4.78, 5) is 19.8. The summed E-state index contributed by atoms with van der Waals surface area (Å²) in [6.45, 7) is 8.47. The highest BCUT2D eigenvalue weighted by Gasteiger charge is 2.34. The van der Waals surface area contributed by atoms with Gasteiger partial charge >= 0.3 is 0 Å². The van der Waals surface area contributed by atoms with E-state index in [4.69, 9.17) is 9.72 Å². The minimum absolute atomic E-state index is 0.0853. The first kappa shape index (κ1) is 23.2. The fourth-order valence-electron chi connectivity index (χ4n) is 5.07. The van der Waals surface area contributed by atoms with Gasteiger partial charge in [-0.2, -0.15) is 0 Å². The molecule has 1 aliphatic rings. The van der Waals surface area contributed by atoms with Crippen molar-refractivity contribution >= 4 is 22.6 Å². The van der Waals surface area contributed by atoms with Crippen molar-refractivity contribution in [1.82, 2.24) is 9.55 Å². The average Bonchev–Trinajstić information content (AvgIpc) is 3.41. The second kappa shape index (κ2) is 9.95. The van der Waals surface area contributed by atoms with E-state index in [1.54, 1.807) is 0 Å². The summed E-state index contributed by atoms with van der Waals surface area (Å²) in [6, 6.07) is 22.7. The molecule has 0 aliphatic carbocycles. The quantitative estimate of drug-likeness (QED) is 0.284. The van der Waals surface area contributed by atoms with Gasteiger partial charge < -0.3 is 14.2 Å². The van der Waals surface area contributed by atoms with E-state index in [1.165, 1.54) is 16.7 Å². The molecule has 5 nitrogen and oxygen atoms in total. The number of unbranched alkanes of at least 4 members (excludes halogenated alkanes) is 1. The van der Waals surface area contributed by atoms with Crippen molar-refractivity contribution in [2.75, 3.05) is 18.1 Å². The maximum atomic E-state index is 12.9. The number of hydrogen-bond acceptors (Lipinski definition) is 3. The lowest BCUT2D eigenvalue weighted by Crippen LogP contribution is -2.24.